The number of amides is 1. The molecule has 4 rings (SSSR count). The van der Waals surface area contributed by atoms with Crippen molar-refractivity contribution >= 4 is 22.9 Å². The molecule has 0 aliphatic carbocycles. The van der Waals surface area contributed by atoms with E-state index in [1.54, 1.807) is 4.90 Å². The lowest BCUT2D eigenvalue weighted by molar-refractivity contribution is 0.0996. The summed E-state index contributed by atoms with van der Waals surface area (Å²) in [6.45, 7) is 5.19. The molecule has 0 bridgehead atoms. The molecule has 0 atom stereocenters. The summed E-state index contributed by atoms with van der Waals surface area (Å²) < 4.78 is 11.2. The molecular weight excluding hydrogens is 358 g/mol. The van der Waals surface area contributed by atoms with Crippen LogP contribution in [0.3, 0.4) is 0 Å². The number of benzene rings is 2. The van der Waals surface area contributed by atoms with Crippen molar-refractivity contribution in [2.45, 2.75) is 13.8 Å². The van der Waals surface area contributed by atoms with E-state index in [0.29, 0.717) is 18.1 Å². The molecular formula is C22H21NO3S. The fraction of sp³-hybridized carbons (Fsp3) is 0.227. The predicted molar refractivity (Wildman–Crippen MR) is 109 cm³/mol. The molecule has 1 amide bonds. The SMILES string of the molecule is Cc1ccc(C)c(N(C)C(=O)c2ccc(-c3ccc4c(c3)OCCO4)s2)c1. The van der Waals surface area contributed by atoms with Crippen LogP contribution < -0.4 is 14.4 Å². The lowest BCUT2D eigenvalue weighted by atomic mass is 10.1. The number of carbonyl (C=O) groups excluding carboxylic acids is 1. The van der Waals surface area contributed by atoms with E-state index in [9.17, 15) is 4.79 Å². The fourth-order valence-electron chi connectivity index (χ4n) is 3.16. The molecule has 2 heterocycles. The molecule has 5 heteroatoms. The molecule has 0 saturated carbocycles. The molecule has 4 nitrogen and oxygen atoms in total. The molecule has 3 aromatic rings. The first-order chi connectivity index (χ1) is 13.0. The fourth-order valence-corrected chi connectivity index (χ4v) is 4.14. The van der Waals surface area contributed by atoms with Crippen LogP contribution in [0.5, 0.6) is 11.5 Å². The van der Waals surface area contributed by atoms with Crippen LogP contribution in [0.25, 0.3) is 10.4 Å². The topological polar surface area (TPSA) is 38.8 Å². The summed E-state index contributed by atoms with van der Waals surface area (Å²) in [5, 5.41) is 0. The van der Waals surface area contributed by atoms with Crippen molar-refractivity contribution < 1.29 is 14.3 Å². The van der Waals surface area contributed by atoms with E-state index in [-0.39, 0.29) is 5.91 Å². The molecule has 138 valence electrons. The minimum absolute atomic E-state index is 0.00232. The first-order valence-corrected chi connectivity index (χ1v) is 9.70. The standard InChI is InChI=1S/C22H21NO3S/c1-14-4-5-15(2)17(12-14)23(3)22(24)21-9-8-20(27-21)16-6-7-18-19(13-16)26-11-10-25-18/h4-9,12-13H,10-11H2,1-3H3. The second kappa shape index (κ2) is 7.08. The lowest BCUT2D eigenvalue weighted by Crippen LogP contribution is -2.26. The van der Waals surface area contributed by atoms with Crippen LogP contribution in [0.2, 0.25) is 0 Å². The maximum Gasteiger partial charge on any atom is 0.268 e. The van der Waals surface area contributed by atoms with Gasteiger partial charge in [-0.15, -0.1) is 11.3 Å². The van der Waals surface area contributed by atoms with E-state index >= 15 is 0 Å². The minimum atomic E-state index is -0.00232. The minimum Gasteiger partial charge on any atom is -0.486 e. The van der Waals surface area contributed by atoms with E-state index in [0.717, 1.165) is 38.8 Å². The molecule has 1 aliphatic heterocycles. The first-order valence-electron chi connectivity index (χ1n) is 8.88. The lowest BCUT2D eigenvalue weighted by Gasteiger charge is -2.19. The average Bonchev–Trinajstić information content (AvgIpc) is 3.18. The predicted octanol–water partition coefficient (Wildman–Crippen LogP) is 5.08. The van der Waals surface area contributed by atoms with E-state index in [4.69, 9.17) is 9.47 Å². The second-order valence-corrected chi connectivity index (χ2v) is 7.76. The third-order valence-electron chi connectivity index (χ3n) is 4.67. The van der Waals surface area contributed by atoms with E-state index in [1.807, 2.05) is 63.4 Å². The van der Waals surface area contributed by atoms with Gasteiger partial charge in [-0.1, -0.05) is 12.1 Å². The smallest absolute Gasteiger partial charge is 0.268 e. The Labute approximate surface area is 163 Å². The van der Waals surface area contributed by atoms with Crippen molar-refractivity contribution in [2.75, 3.05) is 25.2 Å². The molecule has 2 aromatic carbocycles. The zero-order valence-electron chi connectivity index (χ0n) is 15.6. The van der Waals surface area contributed by atoms with Crippen LogP contribution in [0, 0.1) is 13.8 Å². The molecule has 1 aliphatic rings. The van der Waals surface area contributed by atoms with Crippen LogP contribution >= 0.6 is 11.3 Å². The average molecular weight is 379 g/mol. The third-order valence-corrected chi connectivity index (χ3v) is 5.80. The molecule has 27 heavy (non-hydrogen) atoms. The molecule has 0 saturated heterocycles. The summed E-state index contributed by atoms with van der Waals surface area (Å²) in [6, 6.07) is 15.9. The zero-order chi connectivity index (χ0) is 19.0. The molecule has 0 spiro atoms. The highest BCUT2D eigenvalue weighted by molar-refractivity contribution is 7.17. The number of fused-ring (bicyclic) bond motifs is 1. The Morgan fingerprint density at radius 1 is 0.963 bits per heavy atom. The van der Waals surface area contributed by atoms with E-state index in [1.165, 1.54) is 11.3 Å². The van der Waals surface area contributed by atoms with Crippen LogP contribution in [0.1, 0.15) is 20.8 Å². The van der Waals surface area contributed by atoms with Gasteiger partial charge in [0.15, 0.2) is 11.5 Å². The van der Waals surface area contributed by atoms with Gasteiger partial charge >= 0.3 is 0 Å². The van der Waals surface area contributed by atoms with Gasteiger partial charge in [0.2, 0.25) is 0 Å². The van der Waals surface area contributed by atoms with Crippen molar-refractivity contribution in [3.63, 3.8) is 0 Å². The van der Waals surface area contributed by atoms with Gasteiger partial charge in [-0.3, -0.25) is 4.79 Å². The van der Waals surface area contributed by atoms with Crippen LogP contribution in [0.15, 0.2) is 48.5 Å². The van der Waals surface area contributed by atoms with Crippen LogP contribution in [-0.2, 0) is 0 Å². The van der Waals surface area contributed by atoms with Crippen molar-refractivity contribution in [1.29, 1.82) is 0 Å². The number of rotatable bonds is 3. The summed E-state index contributed by atoms with van der Waals surface area (Å²) in [7, 11) is 1.83. The summed E-state index contributed by atoms with van der Waals surface area (Å²) in [6.07, 6.45) is 0. The molecule has 0 radical (unpaired) electrons. The molecule has 0 unspecified atom stereocenters. The molecule has 0 N–H and O–H groups in total. The third kappa shape index (κ3) is 3.43. The second-order valence-electron chi connectivity index (χ2n) is 6.68. The number of carbonyl (C=O) groups is 1. The Morgan fingerprint density at radius 3 is 2.56 bits per heavy atom. The maximum atomic E-state index is 13.0. The normalized spacial score (nSPS) is 12.7. The largest absolute Gasteiger partial charge is 0.486 e. The highest BCUT2D eigenvalue weighted by Gasteiger charge is 2.19. The summed E-state index contributed by atoms with van der Waals surface area (Å²) in [5.41, 5.74) is 4.19. The van der Waals surface area contributed by atoms with E-state index in [2.05, 4.69) is 6.07 Å². The summed E-state index contributed by atoms with van der Waals surface area (Å²) in [5.74, 6) is 1.53. The highest BCUT2D eigenvalue weighted by atomic mass is 32.1. The van der Waals surface area contributed by atoms with Crippen molar-refractivity contribution in [3.05, 3.63) is 64.5 Å². The number of nitrogens with zero attached hydrogens (tertiary/aromatic N) is 1. The van der Waals surface area contributed by atoms with Crippen molar-refractivity contribution in [3.8, 4) is 21.9 Å². The molecule has 0 fully saturated rings. The van der Waals surface area contributed by atoms with Gasteiger partial charge in [-0.25, -0.2) is 0 Å². The Morgan fingerprint density at radius 2 is 1.74 bits per heavy atom. The molecule has 1 aromatic heterocycles. The summed E-state index contributed by atoms with van der Waals surface area (Å²) >= 11 is 1.49. The maximum absolute atomic E-state index is 13.0. The quantitative estimate of drug-likeness (QED) is 0.637. The zero-order valence-corrected chi connectivity index (χ0v) is 16.4. The van der Waals surface area contributed by atoms with Gasteiger partial charge in [-0.2, -0.15) is 0 Å². The van der Waals surface area contributed by atoms with Crippen molar-refractivity contribution in [1.82, 2.24) is 0 Å². The van der Waals surface area contributed by atoms with Gasteiger partial charge in [0.1, 0.15) is 13.2 Å². The van der Waals surface area contributed by atoms with Gasteiger partial charge in [0, 0.05) is 17.6 Å². The van der Waals surface area contributed by atoms with Gasteiger partial charge < -0.3 is 14.4 Å². The van der Waals surface area contributed by atoms with E-state index < -0.39 is 0 Å². The number of hydrogen-bond acceptors (Lipinski definition) is 4. The highest BCUT2D eigenvalue weighted by Crippen LogP contribution is 2.37. The Hall–Kier alpha value is -2.79. The number of ether oxygens (including phenoxy) is 2. The van der Waals surface area contributed by atoms with Gasteiger partial charge in [0.25, 0.3) is 5.91 Å². The van der Waals surface area contributed by atoms with Crippen LogP contribution in [-0.4, -0.2) is 26.2 Å². The number of hydrogen-bond donors (Lipinski definition) is 0. The van der Waals surface area contributed by atoms with Crippen molar-refractivity contribution in [2.24, 2.45) is 0 Å². The Bertz CT molecular complexity index is 1010. The Balaban J connectivity index is 1.60. The van der Waals surface area contributed by atoms with Gasteiger partial charge in [0.05, 0.1) is 4.88 Å². The number of anilines is 1. The number of thiophene rings is 1. The Kier molecular flexibility index (Phi) is 4.62. The summed E-state index contributed by atoms with van der Waals surface area (Å²) in [4.78, 5) is 16.4. The van der Waals surface area contributed by atoms with Crippen LogP contribution in [0.4, 0.5) is 5.69 Å². The first kappa shape index (κ1) is 17.6. The number of aryl methyl sites for hydroxylation is 2. The van der Waals surface area contributed by atoms with Gasteiger partial charge in [-0.05, 0) is 66.9 Å². The monoisotopic (exact) mass is 379 g/mol.